The number of hydrogen-bond acceptors (Lipinski definition) is 3. The fourth-order valence-electron chi connectivity index (χ4n) is 3.57. The van der Waals surface area contributed by atoms with Gasteiger partial charge in [0.15, 0.2) is 0 Å². The highest BCUT2D eigenvalue weighted by molar-refractivity contribution is 7.90. The van der Waals surface area contributed by atoms with Gasteiger partial charge in [-0.25, -0.2) is 13.6 Å². The minimum Gasteiger partial charge on any atom is -0.345 e. The zero-order valence-electron chi connectivity index (χ0n) is 16.5. The third-order valence-electron chi connectivity index (χ3n) is 5.38. The summed E-state index contributed by atoms with van der Waals surface area (Å²) < 4.78 is 25.5. The van der Waals surface area contributed by atoms with Crippen molar-refractivity contribution in [3.8, 4) is 0 Å². The van der Waals surface area contributed by atoms with Crippen LogP contribution in [0.5, 0.6) is 0 Å². The molecule has 0 bridgehead atoms. The van der Waals surface area contributed by atoms with Gasteiger partial charge in [-0.05, 0) is 55.3 Å². The van der Waals surface area contributed by atoms with Crippen LogP contribution in [0.4, 0.5) is 0 Å². The van der Waals surface area contributed by atoms with Crippen molar-refractivity contribution in [1.82, 2.24) is 4.57 Å². The molecule has 0 amide bonds. The molecule has 0 aliphatic rings. The first-order valence-corrected chi connectivity index (χ1v) is 11.0. The van der Waals surface area contributed by atoms with Crippen molar-refractivity contribution in [2.45, 2.75) is 25.0 Å². The smallest absolute Gasteiger partial charge is 0.219 e. The molecule has 3 rings (SSSR count). The molecule has 0 spiro atoms. The Hall–Kier alpha value is -2.41. The first-order chi connectivity index (χ1) is 13.5. The van der Waals surface area contributed by atoms with Crippen LogP contribution in [0.25, 0.3) is 0 Å². The van der Waals surface area contributed by atoms with Crippen LogP contribution >= 0.6 is 11.6 Å². The van der Waals surface area contributed by atoms with E-state index >= 15 is 0 Å². The molecule has 0 fully saturated rings. The predicted octanol–water partition coefficient (Wildman–Crippen LogP) is 3.96. The van der Waals surface area contributed by atoms with E-state index in [4.69, 9.17) is 16.7 Å². The van der Waals surface area contributed by atoms with Gasteiger partial charge in [0.1, 0.15) is 4.75 Å². The Morgan fingerprint density at radius 3 is 2.24 bits per heavy atom. The molecule has 0 radical (unpaired) electrons. The fraction of sp³-hybridized carbons (Fsp3) is 0.227. The number of aryl methyl sites for hydroxylation is 1. The van der Waals surface area contributed by atoms with Crippen molar-refractivity contribution in [3.05, 3.63) is 93.8 Å². The maximum absolute atomic E-state index is 13.0. The number of nitrogens with zero attached hydrogens (tertiary/aromatic N) is 1. The average molecular weight is 431 g/mol. The molecule has 0 aliphatic carbocycles. The summed E-state index contributed by atoms with van der Waals surface area (Å²) in [6, 6.07) is 17.4. The first-order valence-electron chi connectivity index (χ1n) is 9.08. The van der Waals surface area contributed by atoms with Gasteiger partial charge in [0.2, 0.25) is 15.8 Å². The van der Waals surface area contributed by atoms with Gasteiger partial charge in [-0.1, -0.05) is 41.9 Å². The lowest BCUT2D eigenvalue weighted by Crippen LogP contribution is -2.40. The van der Waals surface area contributed by atoms with E-state index in [0.29, 0.717) is 27.5 Å². The number of rotatable bonds is 6. The zero-order valence-corrected chi connectivity index (χ0v) is 18.1. The minimum absolute atomic E-state index is 0.140. The van der Waals surface area contributed by atoms with E-state index < -0.39 is 14.8 Å². The highest BCUT2D eigenvalue weighted by Crippen LogP contribution is 2.33. The quantitative estimate of drug-likeness (QED) is 0.601. The Bertz CT molecular complexity index is 1150. The van der Waals surface area contributed by atoms with Gasteiger partial charge in [-0.15, -0.1) is 0 Å². The molecule has 0 aliphatic heterocycles. The second-order valence-electron chi connectivity index (χ2n) is 7.38. The van der Waals surface area contributed by atoms with Crippen molar-refractivity contribution >= 4 is 27.4 Å². The number of ketones is 1. The van der Waals surface area contributed by atoms with E-state index in [9.17, 15) is 13.2 Å². The number of benzene rings is 2. The van der Waals surface area contributed by atoms with E-state index in [1.54, 1.807) is 67.1 Å². The number of sulfonamides is 1. The predicted molar refractivity (Wildman–Crippen MR) is 116 cm³/mol. The standard InChI is InChI=1S/C22H23ClN2O3S/c1-15-13-19(14-22(2,29(24,27)28)17-7-5-4-6-8-17)25(3)20(15)21(26)16-9-11-18(23)12-10-16/h4-13H,14H2,1-3H3,(H2,24,27,28). The number of nitrogens with two attached hydrogens (primary N) is 1. The van der Waals surface area contributed by atoms with E-state index in [-0.39, 0.29) is 12.2 Å². The third-order valence-corrected chi connectivity index (χ3v) is 7.26. The van der Waals surface area contributed by atoms with Crippen molar-refractivity contribution in [1.29, 1.82) is 0 Å². The van der Waals surface area contributed by atoms with Crippen LogP contribution in [0.2, 0.25) is 5.02 Å². The third kappa shape index (κ3) is 4.01. The molecule has 152 valence electrons. The van der Waals surface area contributed by atoms with Gasteiger partial charge >= 0.3 is 0 Å². The molecule has 29 heavy (non-hydrogen) atoms. The molecule has 1 aromatic heterocycles. The van der Waals surface area contributed by atoms with Crippen LogP contribution in [0.15, 0.2) is 60.7 Å². The summed E-state index contributed by atoms with van der Waals surface area (Å²) in [5.74, 6) is -0.148. The number of carbonyl (C=O) groups is 1. The molecule has 1 atom stereocenters. The minimum atomic E-state index is -3.93. The van der Waals surface area contributed by atoms with Crippen LogP contribution < -0.4 is 5.14 Å². The fourth-order valence-corrected chi connectivity index (χ4v) is 4.51. The molecule has 7 heteroatoms. The molecule has 2 aromatic carbocycles. The van der Waals surface area contributed by atoms with Gasteiger partial charge < -0.3 is 4.57 Å². The molecule has 1 heterocycles. The summed E-state index contributed by atoms with van der Waals surface area (Å²) in [5.41, 5.74) is 3.11. The van der Waals surface area contributed by atoms with Gasteiger partial charge in [0.25, 0.3) is 0 Å². The van der Waals surface area contributed by atoms with Gasteiger partial charge in [-0.2, -0.15) is 0 Å². The van der Waals surface area contributed by atoms with Crippen LogP contribution in [-0.4, -0.2) is 18.8 Å². The summed E-state index contributed by atoms with van der Waals surface area (Å²) in [5, 5.41) is 6.19. The highest BCUT2D eigenvalue weighted by Gasteiger charge is 2.39. The summed E-state index contributed by atoms with van der Waals surface area (Å²) in [7, 11) is -2.16. The maximum atomic E-state index is 13.0. The van der Waals surface area contributed by atoms with Gasteiger partial charge in [0, 0.05) is 29.7 Å². The largest absolute Gasteiger partial charge is 0.345 e. The lowest BCUT2D eigenvalue weighted by Gasteiger charge is -2.28. The first kappa shape index (κ1) is 21.3. The van der Waals surface area contributed by atoms with Crippen LogP contribution in [0, 0.1) is 6.92 Å². The Morgan fingerprint density at radius 2 is 1.69 bits per heavy atom. The number of carbonyl (C=O) groups excluding carboxylic acids is 1. The van der Waals surface area contributed by atoms with Gasteiger partial charge in [-0.3, -0.25) is 4.79 Å². The number of hydrogen-bond donors (Lipinski definition) is 1. The number of halogens is 1. The van der Waals surface area contributed by atoms with E-state index in [1.807, 2.05) is 19.1 Å². The normalized spacial score (nSPS) is 13.8. The second kappa shape index (κ2) is 7.78. The number of aromatic nitrogens is 1. The highest BCUT2D eigenvalue weighted by atomic mass is 35.5. The Labute approximate surface area is 176 Å². The molecule has 0 saturated heterocycles. The lowest BCUT2D eigenvalue weighted by molar-refractivity contribution is 0.103. The molecular formula is C22H23ClN2O3S. The molecule has 1 unspecified atom stereocenters. The Balaban J connectivity index is 2.05. The SMILES string of the molecule is Cc1cc(CC(C)(c2ccccc2)S(N)(=O)=O)n(C)c1C(=O)c1ccc(Cl)cc1. The van der Waals surface area contributed by atoms with Crippen molar-refractivity contribution in [2.75, 3.05) is 0 Å². The summed E-state index contributed by atoms with van der Waals surface area (Å²) in [4.78, 5) is 13.0. The van der Waals surface area contributed by atoms with Gasteiger partial charge in [0.05, 0.1) is 5.69 Å². The summed E-state index contributed by atoms with van der Waals surface area (Å²) >= 11 is 5.92. The molecule has 3 aromatic rings. The van der Waals surface area contributed by atoms with Crippen molar-refractivity contribution in [3.63, 3.8) is 0 Å². The molecule has 2 N–H and O–H groups in total. The van der Waals surface area contributed by atoms with E-state index in [0.717, 1.165) is 5.56 Å². The summed E-state index contributed by atoms with van der Waals surface area (Å²) in [6.45, 7) is 3.45. The molecule has 0 saturated carbocycles. The second-order valence-corrected chi connectivity index (χ2v) is 9.81. The Kier molecular flexibility index (Phi) is 5.72. The van der Waals surface area contributed by atoms with E-state index in [2.05, 4.69) is 0 Å². The number of primary sulfonamides is 1. The van der Waals surface area contributed by atoms with Crippen LogP contribution in [0.3, 0.4) is 0 Å². The van der Waals surface area contributed by atoms with Crippen molar-refractivity contribution < 1.29 is 13.2 Å². The van der Waals surface area contributed by atoms with Crippen LogP contribution in [-0.2, 0) is 28.2 Å². The molecule has 5 nitrogen and oxygen atoms in total. The van der Waals surface area contributed by atoms with E-state index in [1.165, 1.54) is 0 Å². The maximum Gasteiger partial charge on any atom is 0.219 e. The topological polar surface area (TPSA) is 82.2 Å². The molecular weight excluding hydrogens is 408 g/mol. The monoisotopic (exact) mass is 430 g/mol. The van der Waals surface area contributed by atoms with Crippen molar-refractivity contribution in [2.24, 2.45) is 12.2 Å². The zero-order chi connectivity index (χ0) is 21.4. The Morgan fingerprint density at radius 1 is 1.10 bits per heavy atom. The summed E-state index contributed by atoms with van der Waals surface area (Å²) in [6.07, 6.45) is 0.140. The lowest BCUT2D eigenvalue weighted by atomic mass is 9.95. The van der Waals surface area contributed by atoms with Crippen LogP contribution in [0.1, 0.15) is 39.8 Å². The average Bonchev–Trinajstić information content (AvgIpc) is 2.94.